The van der Waals surface area contributed by atoms with Crippen LogP contribution in [0.25, 0.3) is 0 Å². The van der Waals surface area contributed by atoms with Crippen molar-refractivity contribution in [1.82, 2.24) is 13.9 Å². The second-order valence-electron chi connectivity index (χ2n) is 4.83. The molecule has 0 amide bonds. The molecule has 2 bridgehead atoms. The summed E-state index contributed by atoms with van der Waals surface area (Å²) in [6.45, 7) is 5.22. The van der Waals surface area contributed by atoms with Gasteiger partial charge in [-0.15, -0.1) is 0 Å². The lowest BCUT2D eigenvalue weighted by Crippen LogP contribution is -2.39. The number of sulfonamides is 1. The first-order valence-corrected chi connectivity index (χ1v) is 8.68. The fraction of sp³-hybridized carbons (Fsp3) is 0.727. The van der Waals surface area contributed by atoms with Crippen molar-refractivity contribution in [2.24, 2.45) is 0 Å². The molecule has 0 aromatic carbocycles. The Bertz CT molecular complexity index is 567. The van der Waals surface area contributed by atoms with Gasteiger partial charge in [0.05, 0.1) is 0 Å². The van der Waals surface area contributed by atoms with E-state index >= 15 is 0 Å². The monoisotopic (exact) mass is 287 g/mol. The number of imidazole rings is 1. The number of fused-ring (bicyclic) bond motifs is 2. The van der Waals surface area contributed by atoms with Crippen molar-refractivity contribution in [3.8, 4) is 0 Å². The Labute approximate surface area is 112 Å². The Hall–Kier alpha value is -0.530. The van der Waals surface area contributed by atoms with Crippen LogP contribution < -0.4 is 0 Å². The van der Waals surface area contributed by atoms with Crippen LogP contribution in [0.3, 0.4) is 0 Å². The normalized spacial score (nSPS) is 28.1. The number of nitrogens with zero attached hydrogens (tertiary/aromatic N) is 3. The summed E-state index contributed by atoms with van der Waals surface area (Å²) in [5.41, 5.74) is 0. The minimum Gasteiger partial charge on any atom is -0.334 e. The van der Waals surface area contributed by atoms with Crippen molar-refractivity contribution in [2.45, 2.75) is 43.1 Å². The maximum Gasteiger partial charge on any atom is 0.262 e. The van der Waals surface area contributed by atoms with Crippen LogP contribution in [0, 0.1) is 6.92 Å². The lowest BCUT2D eigenvalue weighted by molar-refractivity contribution is 0.408. The van der Waals surface area contributed by atoms with E-state index in [4.69, 9.17) is 0 Å². The van der Waals surface area contributed by atoms with E-state index in [0.29, 0.717) is 11.8 Å². The number of rotatable bonds is 3. The van der Waals surface area contributed by atoms with Crippen LogP contribution >= 0.6 is 11.8 Å². The van der Waals surface area contributed by atoms with Gasteiger partial charge in [-0.2, -0.15) is 16.1 Å². The van der Waals surface area contributed by atoms with Crippen LogP contribution in [-0.2, 0) is 16.6 Å². The molecule has 3 heterocycles. The summed E-state index contributed by atoms with van der Waals surface area (Å²) in [4.78, 5) is 4.21. The second-order valence-corrected chi connectivity index (χ2v) is 8.00. The molecule has 3 rings (SSSR count). The minimum absolute atomic E-state index is 0.178. The molecule has 2 fully saturated rings. The van der Waals surface area contributed by atoms with Crippen LogP contribution in [0.4, 0.5) is 0 Å². The Morgan fingerprint density at radius 3 is 2.83 bits per heavy atom. The zero-order chi connectivity index (χ0) is 12.9. The van der Waals surface area contributed by atoms with Gasteiger partial charge >= 0.3 is 0 Å². The average molecular weight is 287 g/mol. The van der Waals surface area contributed by atoms with E-state index in [1.165, 1.54) is 0 Å². The van der Waals surface area contributed by atoms with E-state index in [0.717, 1.165) is 24.5 Å². The van der Waals surface area contributed by atoms with Crippen molar-refractivity contribution >= 4 is 21.8 Å². The third-order valence-corrected chi connectivity index (χ3v) is 6.90. The average Bonchev–Trinajstić information content (AvgIpc) is 3.02. The van der Waals surface area contributed by atoms with Gasteiger partial charge in [-0.3, -0.25) is 0 Å². The molecule has 5 nitrogen and oxygen atoms in total. The fourth-order valence-corrected chi connectivity index (χ4v) is 6.00. The van der Waals surface area contributed by atoms with E-state index in [-0.39, 0.29) is 11.1 Å². The van der Waals surface area contributed by atoms with Crippen molar-refractivity contribution < 1.29 is 8.42 Å². The van der Waals surface area contributed by atoms with Gasteiger partial charge in [-0.25, -0.2) is 13.4 Å². The number of aryl methyl sites for hydroxylation is 2. The van der Waals surface area contributed by atoms with Gasteiger partial charge in [-0.1, -0.05) is 0 Å². The molecule has 2 atom stereocenters. The molecule has 100 valence electrons. The first-order chi connectivity index (χ1) is 8.52. The maximum atomic E-state index is 12.5. The quantitative estimate of drug-likeness (QED) is 0.835. The summed E-state index contributed by atoms with van der Waals surface area (Å²) < 4.78 is 28.6. The number of thioether (sulfide) groups is 1. The predicted molar refractivity (Wildman–Crippen MR) is 71.2 cm³/mol. The Morgan fingerprint density at radius 2 is 2.33 bits per heavy atom. The molecule has 0 saturated carbocycles. The fourth-order valence-electron chi connectivity index (χ4n) is 2.70. The van der Waals surface area contributed by atoms with E-state index in [1.54, 1.807) is 10.5 Å². The summed E-state index contributed by atoms with van der Waals surface area (Å²) in [6.07, 6.45) is 2.65. The highest BCUT2D eigenvalue weighted by atomic mass is 32.2. The SMILES string of the molecule is CCn1cc(S(=O)(=O)N2C[C@H]3C[C@H]2CS3)nc1C. The summed E-state index contributed by atoms with van der Waals surface area (Å²) in [5.74, 6) is 1.69. The molecule has 1 aromatic heterocycles. The highest BCUT2D eigenvalue weighted by Gasteiger charge is 2.45. The van der Waals surface area contributed by atoms with Crippen LogP contribution in [0.15, 0.2) is 11.2 Å². The van der Waals surface area contributed by atoms with E-state index in [9.17, 15) is 8.42 Å². The van der Waals surface area contributed by atoms with Crippen molar-refractivity contribution in [2.75, 3.05) is 12.3 Å². The van der Waals surface area contributed by atoms with Gasteiger partial charge in [0.15, 0.2) is 5.03 Å². The summed E-state index contributed by atoms with van der Waals surface area (Å²) in [6, 6.07) is 0.178. The lowest BCUT2D eigenvalue weighted by atomic mass is 10.3. The Morgan fingerprint density at radius 1 is 1.56 bits per heavy atom. The molecule has 0 N–H and O–H groups in total. The van der Waals surface area contributed by atoms with Gasteiger partial charge in [0.1, 0.15) is 5.82 Å². The highest BCUT2D eigenvalue weighted by Crippen LogP contribution is 2.40. The van der Waals surface area contributed by atoms with Gasteiger partial charge in [0.2, 0.25) is 0 Å². The third-order valence-electron chi connectivity index (χ3n) is 3.72. The minimum atomic E-state index is -3.39. The summed E-state index contributed by atoms with van der Waals surface area (Å²) in [7, 11) is -3.39. The van der Waals surface area contributed by atoms with Crippen LogP contribution in [0.2, 0.25) is 0 Å². The molecule has 2 aliphatic heterocycles. The zero-order valence-corrected chi connectivity index (χ0v) is 12.2. The van der Waals surface area contributed by atoms with Gasteiger partial charge in [0.25, 0.3) is 10.0 Å². The smallest absolute Gasteiger partial charge is 0.262 e. The van der Waals surface area contributed by atoms with Crippen molar-refractivity contribution in [3.63, 3.8) is 0 Å². The molecule has 0 unspecified atom stereocenters. The van der Waals surface area contributed by atoms with E-state index in [2.05, 4.69) is 4.98 Å². The molecule has 18 heavy (non-hydrogen) atoms. The lowest BCUT2D eigenvalue weighted by Gasteiger charge is -2.24. The molecule has 0 radical (unpaired) electrons. The molecule has 7 heteroatoms. The Balaban J connectivity index is 1.94. The highest BCUT2D eigenvalue weighted by molar-refractivity contribution is 8.00. The third kappa shape index (κ3) is 1.80. The maximum absolute atomic E-state index is 12.5. The molecule has 1 aromatic rings. The number of hydrogen-bond donors (Lipinski definition) is 0. The van der Waals surface area contributed by atoms with E-state index in [1.807, 2.05) is 30.2 Å². The molecule has 2 aliphatic rings. The number of hydrogen-bond acceptors (Lipinski definition) is 4. The molecule has 2 saturated heterocycles. The largest absolute Gasteiger partial charge is 0.334 e. The Kier molecular flexibility index (Phi) is 2.95. The van der Waals surface area contributed by atoms with Crippen LogP contribution in [-0.4, -0.2) is 45.9 Å². The predicted octanol–water partition coefficient (Wildman–Crippen LogP) is 1.09. The van der Waals surface area contributed by atoms with Gasteiger partial charge in [-0.05, 0) is 20.3 Å². The summed E-state index contributed by atoms with van der Waals surface area (Å²) >= 11 is 1.89. The second kappa shape index (κ2) is 4.25. The number of aromatic nitrogens is 2. The van der Waals surface area contributed by atoms with Crippen LogP contribution in [0.5, 0.6) is 0 Å². The first-order valence-electron chi connectivity index (χ1n) is 6.19. The first kappa shape index (κ1) is 12.5. The van der Waals surface area contributed by atoms with Crippen molar-refractivity contribution in [3.05, 3.63) is 12.0 Å². The van der Waals surface area contributed by atoms with Crippen molar-refractivity contribution in [1.29, 1.82) is 0 Å². The molecular formula is C11H17N3O2S2. The molecule has 0 aliphatic carbocycles. The molecular weight excluding hydrogens is 270 g/mol. The van der Waals surface area contributed by atoms with Crippen LogP contribution in [0.1, 0.15) is 19.2 Å². The van der Waals surface area contributed by atoms with E-state index < -0.39 is 10.0 Å². The zero-order valence-electron chi connectivity index (χ0n) is 10.5. The molecule has 0 spiro atoms. The summed E-state index contributed by atoms with van der Waals surface area (Å²) in [5, 5.41) is 0.693. The topological polar surface area (TPSA) is 55.2 Å². The standard InChI is InChI=1S/C11H17N3O2S2/c1-3-13-6-11(12-8(13)2)18(15,16)14-5-10-4-9(14)7-17-10/h6,9-10H,3-5,7H2,1-2H3/t9-,10+/m0/s1. The van der Waals surface area contributed by atoms with Gasteiger partial charge in [0, 0.05) is 36.3 Å². The van der Waals surface area contributed by atoms with Gasteiger partial charge < -0.3 is 4.57 Å².